The Balaban J connectivity index is 1.18. The third-order valence-electron chi connectivity index (χ3n) is 9.98. The Kier molecular flexibility index (Phi) is 11.6. The second-order valence-corrected chi connectivity index (χ2v) is 13.3. The molecule has 4 amide bonds. The van der Waals surface area contributed by atoms with E-state index in [0.717, 1.165) is 18.2 Å². The van der Waals surface area contributed by atoms with Crippen LogP contribution < -0.4 is 5.32 Å². The molecule has 6 rings (SSSR count). The summed E-state index contributed by atoms with van der Waals surface area (Å²) in [6.07, 6.45) is 4.90. The molecule has 4 aliphatic heterocycles. The van der Waals surface area contributed by atoms with Crippen LogP contribution in [0.3, 0.4) is 0 Å². The van der Waals surface area contributed by atoms with Gasteiger partial charge in [-0.2, -0.15) is 0 Å². The second kappa shape index (κ2) is 16.3. The lowest BCUT2D eigenvalue weighted by Crippen LogP contribution is -2.55. The molecule has 12 nitrogen and oxygen atoms in total. The Bertz CT molecular complexity index is 1560. The van der Waals surface area contributed by atoms with Gasteiger partial charge in [-0.05, 0) is 49.8 Å². The first-order valence-corrected chi connectivity index (χ1v) is 17.4. The van der Waals surface area contributed by atoms with E-state index in [9.17, 15) is 28.0 Å². The van der Waals surface area contributed by atoms with Crippen LogP contribution in [0, 0.1) is 23.5 Å². The minimum atomic E-state index is -1.18. The van der Waals surface area contributed by atoms with Crippen molar-refractivity contribution in [3.8, 4) is 11.3 Å². The number of nitrogens with one attached hydrogen (secondary N) is 2. The topological polar surface area (TPSA) is 137 Å². The fourth-order valence-corrected chi connectivity index (χ4v) is 7.20. The van der Waals surface area contributed by atoms with E-state index in [4.69, 9.17) is 9.47 Å². The summed E-state index contributed by atoms with van der Waals surface area (Å²) in [4.78, 5) is 63.4. The normalized spacial score (nSPS) is 23.5. The number of alkyl halides is 1. The van der Waals surface area contributed by atoms with Gasteiger partial charge in [-0.3, -0.25) is 24.1 Å². The molecule has 4 unspecified atom stereocenters. The van der Waals surface area contributed by atoms with Gasteiger partial charge in [0, 0.05) is 76.0 Å². The average molecular weight is 701 g/mol. The van der Waals surface area contributed by atoms with Gasteiger partial charge >= 0.3 is 0 Å². The molecule has 3 saturated heterocycles. The summed E-state index contributed by atoms with van der Waals surface area (Å²) in [5.74, 6) is -2.72. The highest BCUT2D eigenvalue weighted by Gasteiger charge is 2.42. The molecule has 50 heavy (non-hydrogen) atoms. The average Bonchev–Trinajstić information content (AvgIpc) is 3.86. The van der Waals surface area contributed by atoms with Crippen LogP contribution in [-0.4, -0.2) is 120 Å². The first-order chi connectivity index (χ1) is 24.2. The summed E-state index contributed by atoms with van der Waals surface area (Å²) in [6, 6.07) is 2.47. The summed E-state index contributed by atoms with van der Waals surface area (Å²) in [6.45, 7) is 2.28. The number of amides is 4. The predicted molar refractivity (Wildman–Crippen MR) is 174 cm³/mol. The Hall–Kier alpha value is -4.08. The number of aromatic amines is 1. The lowest BCUT2D eigenvalue weighted by atomic mass is 9.88. The van der Waals surface area contributed by atoms with Crippen LogP contribution in [0.25, 0.3) is 11.3 Å². The maximum absolute atomic E-state index is 15.1. The molecular formula is C35H43F3N6O6. The fourth-order valence-electron chi connectivity index (χ4n) is 7.20. The van der Waals surface area contributed by atoms with Gasteiger partial charge in [0.15, 0.2) is 6.10 Å². The molecule has 1 aromatic heterocycles. The summed E-state index contributed by atoms with van der Waals surface area (Å²) in [5.41, 5.74) is 0.240. The molecule has 15 heteroatoms. The van der Waals surface area contributed by atoms with Gasteiger partial charge in [-0.15, -0.1) is 0 Å². The first-order valence-electron chi connectivity index (χ1n) is 17.4. The predicted octanol–water partition coefficient (Wildman–Crippen LogP) is 2.92. The third-order valence-corrected chi connectivity index (χ3v) is 9.98. The zero-order chi connectivity index (χ0) is 35.2. The minimum absolute atomic E-state index is 0.00373. The maximum Gasteiger partial charge on any atom is 0.254 e. The van der Waals surface area contributed by atoms with Gasteiger partial charge in [0.1, 0.15) is 23.6 Å². The molecule has 3 fully saturated rings. The Morgan fingerprint density at radius 1 is 1.04 bits per heavy atom. The smallest absolute Gasteiger partial charge is 0.254 e. The van der Waals surface area contributed by atoms with Crippen LogP contribution in [-0.2, 0) is 28.7 Å². The molecule has 4 aliphatic rings. The van der Waals surface area contributed by atoms with Crippen molar-refractivity contribution in [1.29, 1.82) is 0 Å². The van der Waals surface area contributed by atoms with E-state index in [1.807, 2.05) is 0 Å². The van der Waals surface area contributed by atoms with Crippen molar-refractivity contribution in [2.24, 2.45) is 11.8 Å². The van der Waals surface area contributed by atoms with Crippen LogP contribution in [0.4, 0.5) is 13.2 Å². The fraction of sp³-hybridized carbons (Fsp3) is 0.571. The third kappa shape index (κ3) is 8.27. The van der Waals surface area contributed by atoms with E-state index in [1.165, 1.54) is 23.2 Å². The number of H-pyrrole nitrogens is 1. The number of carbonyl (C=O) groups is 4. The van der Waals surface area contributed by atoms with E-state index in [2.05, 4.69) is 15.3 Å². The molecule has 5 heterocycles. The van der Waals surface area contributed by atoms with Crippen molar-refractivity contribution in [2.45, 2.75) is 56.8 Å². The van der Waals surface area contributed by atoms with Crippen LogP contribution in [0.1, 0.15) is 50.4 Å². The number of ether oxygens (including phenoxy) is 2. The number of nitrogens with zero attached hydrogens (tertiary/aromatic N) is 4. The number of imide groups is 1. The van der Waals surface area contributed by atoms with E-state index in [0.29, 0.717) is 70.8 Å². The maximum atomic E-state index is 15.1. The molecule has 0 bridgehead atoms. The number of carbonyl (C=O) groups excluding carboxylic acids is 4. The van der Waals surface area contributed by atoms with Crippen molar-refractivity contribution in [2.75, 3.05) is 59.1 Å². The van der Waals surface area contributed by atoms with Gasteiger partial charge in [0.05, 0.1) is 31.1 Å². The lowest BCUT2D eigenvalue weighted by Gasteiger charge is -2.42. The van der Waals surface area contributed by atoms with Crippen molar-refractivity contribution in [3.63, 3.8) is 0 Å². The van der Waals surface area contributed by atoms with Crippen molar-refractivity contribution in [3.05, 3.63) is 54.0 Å². The Labute approximate surface area is 288 Å². The van der Waals surface area contributed by atoms with E-state index in [-0.39, 0.29) is 67.6 Å². The van der Waals surface area contributed by atoms with Gasteiger partial charge in [-0.25, -0.2) is 18.2 Å². The first kappa shape index (κ1) is 35.7. The van der Waals surface area contributed by atoms with Crippen LogP contribution in [0.2, 0.25) is 0 Å². The molecule has 4 atom stereocenters. The zero-order valence-electron chi connectivity index (χ0n) is 27.8. The number of aromatic nitrogens is 2. The lowest BCUT2D eigenvalue weighted by molar-refractivity contribution is -0.159. The van der Waals surface area contributed by atoms with E-state index < -0.39 is 41.8 Å². The number of imidazole rings is 1. The highest BCUT2D eigenvalue weighted by atomic mass is 19.1. The number of morpholine rings is 1. The largest absolute Gasteiger partial charge is 0.381 e. The van der Waals surface area contributed by atoms with Crippen molar-refractivity contribution < 1.29 is 41.8 Å². The van der Waals surface area contributed by atoms with Gasteiger partial charge in [0.2, 0.25) is 5.91 Å². The van der Waals surface area contributed by atoms with Gasteiger partial charge < -0.3 is 29.6 Å². The number of rotatable bonds is 13. The van der Waals surface area contributed by atoms with Gasteiger partial charge in [0.25, 0.3) is 17.7 Å². The van der Waals surface area contributed by atoms with Gasteiger partial charge in [-0.1, -0.05) is 6.42 Å². The molecular weight excluding hydrogens is 657 g/mol. The molecule has 1 aromatic carbocycles. The number of halogens is 3. The number of unbranched alkanes of at least 4 members (excludes halogenated alkanes) is 2. The zero-order valence-corrected chi connectivity index (χ0v) is 27.8. The van der Waals surface area contributed by atoms with Crippen LogP contribution >= 0.6 is 0 Å². The van der Waals surface area contributed by atoms with Crippen molar-refractivity contribution >= 4 is 23.6 Å². The quantitative estimate of drug-likeness (QED) is 0.241. The van der Waals surface area contributed by atoms with E-state index >= 15 is 4.39 Å². The highest BCUT2D eigenvalue weighted by molar-refractivity contribution is 6.12. The Morgan fingerprint density at radius 2 is 1.82 bits per heavy atom. The number of hydrogen-bond acceptors (Lipinski definition) is 8. The standard InChI is InChI=1S/C35H43F3N6O6/c36-24-5-6-26(37)25(16-24)28-19-40-34(41-28)33(22-9-13-49-14-10-22)44(20-23-17-39-18-27(23)38)35(48)29-21-42(12-15-50-29)30(45)4-2-1-3-11-43-31(46)7-8-32(43)47/h5-8,16,19,22-23,27,29,33,39H,1-4,9-15,17-18,20-21H2,(H,40,41). The molecule has 0 aliphatic carbocycles. The molecule has 2 N–H and O–H groups in total. The number of hydrogen-bond donors (Lipinski definition) is 2. The molecule has 0 radical (unpaired) electrons. The summed E-state index contributed by atoms with van der Waals surface area (Å²) >= 11 is 0. The second-order valence-electron chi connectivity index (χ2n) is 13.3. The summed E-state index contributed by atoms with van der Waals surface area (Å²) in [7, 11) is 0. The minimum Gasteiger partial charge on any atom is -0.381 e. The molecule has 270 valence electrons. The highest BCUT2D eigenvalue weighted by Crippen LogP contribution is 2.37. The van der Waals surface area contributed by atoms with Crippen molar-refractivity contribution in [1.82, 2.24) is 30.0 Å². The SMILES string of the molecule is O=C(CCCCCN1C(=O)C=CC1=O)N1CCOC(C(=O)N(CC2CNCC2F)C(c2ncc(-c3cc(F)ccc3F)[nH]2)C2CCOCC2)C1. The Morgan fingerprint density at radius 3 is 2.56 bits per heavy atom. The van der Waals surface area contributed by atoms with E-state index in [1.54, 1.807) is 9.80 Å². The van der Waals surface area contributed by atoms with Crippen LogP contribution in [0.15, 0.2) is 36.5 Å². The molecule has 2 aromatic rings. The monoisotopic (exact) mass is 700 g/mol. The molecule has 0 saturated carbocycles. The summed E-state index contributed by atoms with van der Waals surface area (Å²) < 4.78 is 55.5. The number of benzene rings is 1. The molecule has 0 spiro atoms. The summed E-state index contributed by atoms with van der Waals surface area (Å²) in [5, 5.41) is 3.06. The van der Waals surface area contributed by atoms with Crippen LogP contribution in [0.5, 0.6) is 0 Å².